The van der Waals surface area contributed by atoms with Crippen molar-refractivity contribution in [3.05, 3.63) is 66.4 Å². The molecular weight excluding hydrogens is 530 g/mol. The molecule has 3 saturated heterocycles. The van der Waals surface area contributed by atoms with Gasteiger partial charge in [-0.2, -0.15) is 15.1 Å². The summed E-state index contributed by atoms with van der Waals surface area (Å²) in [5.74, 6) is 0.466. The Morgan fingerprint density at radius 2 is 1.95 bits per heavy atom. The number of rotatable bonds is 8. The minimum absolute atomic E-state index is 0.00357. The number of hydrogen-bond donors (Lipinski definition) is 2. The highest BCUT2D eigenvalue weighted by Crippen LogP contribution is 2.38. The Bertz CT molecular complexity index is 1690. The standard InChI is InChI=1S/C29H28F2N8O2/c1-37-13-18(12-33-37)24-10-21-27(35-29(41-8-7-30)36-28(21)34-24)17-5-6-26(32-11-17)38-14-19-9-20(15-38)39(19)16-22-23(31)3-2-4-25(22)40/h2-6,10-13,19-20,40H,7-9,14-16H2,1H3,(H,34,35,36). The first-order chi connectivity index (χ1) is 20.0. The van der Waals surface area contributed by atoms with E-state index < -0.39 is 6.67 Å². The van der Waals surface area contributed by atoms with Gasteiger partial charge in [-0.3, -0.25) is 9.58 Å². The fourth-order valence-corrected chi connectivity index (χ4v) is 5.85. The SMILES string of the molecule is Cn1cc(-c2cc3c(-c4ccc(N5CC6CC(C5)N6Cc5c(O)cccc5F)nc4)nc(OCCF)nc3[nH]2)cn1. The van der Waals surface area contributed by atoms with Gasteiger partial charge in [-0.25, -0.2) is 13.8 Å². The van der Waals surface area contributed by atoms with Crippen LogP contribution in [-0.4, -0.2) is 78.2 Å². The zero-order valence-electron chi connectivity index (χ0n) is 22.3. The molecule has 0 radical (unpaired) electrons. The van der Waals surface area contributed by atoms with E-state index in [1.165, 1.54) is 18.2 Å². The maximum absolute atomic E-state index is 14.3. The van der Waals surface area contributed by atoms with Gasteiger partial charge in [-0.1, -0.05) is 6.07 Å². The molecule has 0 amide bonds. The first-order valence-corrected chi connectivity index (χ1v) is 13.5. The summed E-state index contributed by atoms with van der Waals surface area (Å²) in [5.41, 5.74) is 4.06. The van der Waals surface area contributed by atoms with Gasteiger partial charge in [0.05, 0.1) is 17.6 Å². The third-order valence-corrected chi connectivity index (χ3v) is 7.92. The Labute approximate surface area is 234 Å². The van der Waals surface area contributed by atoms with Crippen LogP contribution >= 0.6 is 0 Å². The molecule has 3 aliphatic rings. The smallest absolute Gasteiger partial charge is 0.319 e. The number of phenolic OH excluding ortho intramolecular Hbond substituents is 1. The van der Waals surface area contributed by atoms with Crippen molar-refractivity contribution >= 4 is 16.9 Å². The number of pyridine rings is 1. The number of alkyl halides is 1. The van der Waals surface area contributed by atoms with E-state index in [0.29, 0.717) is 23.4 Å². The Hall–Kier alpha value is -4.58. The number of ether oxygens (including phenoxy) is 1. The number of nitrogens with zero attached hydrogens (tertiary/aromatic N) is 7. The average molecular weight is 559 g/mol. The molecule has 0 spiro atoms. The normalized spacial score (nSPS) is 18.6. The Morgan fingerprint density at radius 1 is 1.10 bits per heavy atom. The Balaban J connectivity index is 1.13. The van der Waals surface area contributed by atoms with Crippen LogP contribution in [0.3, 0.4) is 0 Å². The molecule has 12 heteroatoms. The summed E-state index contributed by atoms with van der Waals surface area (Å²) in [5, 5.41) is 15.2. The number of phenols is 1. The van der Waals surface area contributed by atoms with Crippen molar-refractivity contribution in [2.24, 2.45) is 7.05 Å². The highest BCUT2D eigenvalue weighted by molar-refractivity contribution is 5.94. The van der Waals surface area contributed by atoms with E-state index >= 15 is 0 Å². The molecule has 41 heavy (non-hydrogen) atoms. The van der Waals surface area contributed by atoms with Gasteiger partial charge >= 0.3 is 6.01 Å². The number of hydrogen-bond acceptors (Lipinski definition) is 8. The second-order valence-corrected chi connectivity index (χ2v) is 10.5. The van der Waals surface area contributed by atoms with Crippen molar-refractivity contribution in [3.8, 4) is 34.3 Å². The fourth-order valence-electron chi connectivity index (χ4n) is 5.85. The van der Waals surface area contributed by atoms with Gasteiger partial charge in [0.2, 0.25) is 0 Å². The summed E-state index contributed by atoms with van der Waals surface area (Å²) in [6.07, 6.45) is 6.48. The van der Waals surface area contributed by atoms with Gasteiger partial charge < -0.3 is 19.7 Å². The maximum atomic E-state index is 14.3. The van der Waals surface area contributed by atoms with Crippen LogP contribution in [0.5, 0.6) is 11.8 Å². The Kier molecular flexibility index (Phi) is 6.26. The predicted molar refractivity (Wildman–Crippen MR) is 149 cm³/mol. The van der Waals surface area contributed by atoms with Gasteiger partial charge in [0.25, 0.3) is 0 Å². The van der Waals surface area contributed by atoms with E-state index in [1.54, 1.807) is 17.1 Å². The lowest BCUT2D eigenvalue weighted by molar-refractivity contribution is -0.00996. The maximum Gasteiger partial charge on any atom is 0.319 e. The van der Waals surface area contributed by atoms with Crippen molar-refractivity contribution in [2.45, 2.75) is 25.0 Å². The van der Waals surface area contributed by atoms with Crippen molar-refractivity contribution in [3.63, 3.8) is 0 Å². The third-order valence-electron chi connectivity index (χ3n) is 7.92. The molecule has 10 nitrogen and oxygen atoms in total. The van der Waals surface area contributed by atoms with Crippen LogP contribution in [0.1, 0.15) is 12.0 Å². The molecule has 1 aromatic carbocycles. The summed E-state index contributed by atoms with van der Waals surface area (Å²) in [6.45, 7) is 1.15. The number of aryl methyl sites for hydroxylation is 1. The lowest BCUT2D eigenvalue weighted by Crippen LogP contribution is -2.68. The number of fused-ring (bicyclic) bond motifs is 3. The number of halogens is 2. The average Bonchev–Trinajstić information content (AvgIpc) is 3.61. The number of aromatic hydroxyl groups is 1. The fraction of sp³-hybridized carbons (Fsp3) is 0.310. The number of aromatic nitrogens is 6. The first-order valence-electron chi connectivity index (χ1n) is 13.5. The second-order valence-electron chi connectivity index (χ2n) is 10.5. The lowest BCUT2D eigenvalue weighted by Gasteiger charge is -2.56. The summed E-state index contributed by atoms with van der Waals surface area (Å²) in [7, 11) is 1.85. The van der Waals surface area contributed by atoms with Crippen LogP contribution in [0.25, 0.3) is 33.5 Å². The molecule has 5 aromatic rings. The predicted octanol–water partition coefficient (Wildman–Crippen LogP) is 4.08. The number of aromatic amines is 1. The number of piperidine rings is 1. The monoisotopic (exact) mass is 558 g/mol. The first kappa shape index (κ1) is 25.4. The van der Waals surface area contributed by atoms with Crippen LogP contribution in [-0.2, 0) is 13.6 Å². The number of benzene rings is 1. The molecule has 2 N–H and O–H groups in total. The largest absolute Gasteiger partial charge is 0.508 e. The lowest BCUT2D eigenvalue weighted by atomic mass is 9.86. The van der Waals surface area contributed by atoms with Gasteiger partial charge in [0, 0.05) is 73.2 Å². The molecule has 2 bridgehead atoms. The van der Waals surface area contributed by atoms with Crippen LogP contribution in [0.2, 0.25) is 0 Å². The molecule has 2 atom stereocenters. The van der Waals surface area contributed by atoms with E-state index in [2.05, 4.69) is 29.9 Å². The molecule has 8 rings (SSSR count). The quantitative estimate of drug-likeness (QED) is 0.294. The van der Waals surface area contributed by atoms with Crippen molar-refractivity contribution in [1.29, 1.82) is 0 Å². The highest BCUT2D eigenvalue weighted by Gasteiger charge is 2.45. The second kappa shape index (κ2) is 10.1. The zero-order valence-corrected chi connectivity index (χ0v) is 22.3. The molecule has 4 aromatic heterocycles. The van der Waals surface area contributed by atoms with E-state index in [0.717, 1.165) is 47.5 Å². The molecule has 3 fully saturated rings. The van der Waals surface area contributed by atoms with E-state index in [9.17, 15) is 13.9 Å². The summed E-state index contributed by atoms with van der Waals surface area (Å²) < 4.78 is 34.3. The van der Waals surface area contributed by atoms with Gasteiger partial charge in [-0.05, 0) is 36.8 Å². The van der Waals surface area contributed by atoms with Crippen LogP contribution < -0.4 is 9.64 Å². The highest BCUT2D eigenvalue weighted by atomic mass is 19.1. The molecule has 0 saturated carbocycles. The van der Waals surface area contributed by atoms with E-state index in [-0.39, 0.29) is 36.3 Å². The molecule has 7 heterocycles. The minimum Gasteiger partial charge on any atom is -0.508 e. The van der Waals surface area contributed by atoms with E-state index in [4.69, 9.17) is 9.72 Å². The molecule has 210 valence electrons. The zero-order chi connectivity index (χ0) is 28.1. The Morgan fingerprint density at radius 3 is 2.66 bits per heavy atom. The van der Waals surface area contributed by atoms with Crippen molar-refractivity contribution in [2.75, 3.05) is 31.3 Å². The number of nitrogens with one attached hydrogen (secondary N) is 1. The third kappa shape index (κ3) is 4.63. The minimum atomic E-state index is -0.644. The molecule has 3 aliphatic heterocycles. The molecule has 0 aliphatic carbocycles. The van der Waals surface area contributed by atoms with Crippen molar-refractivity contribution in [1.82, 2.24) is 34.6 Å². The van der Waals surface area contributed by atoms with Gasteiger partial charge in [-0.15, -0.1) is 0 Å². The van der Waals surface area contributed by atoms with Gasteiger partial charge in [0.1, 0.15) is 36.3 Å². The number of anilines is 1. The molecule has 2 unspecified atom stereocenters. The van der Waals surface area contributed by atoms with E-state index in [1.807, 2.05) is 31.4 Å². The topological polar surface area (TPSA) is 108 Å². The number of piperazine rings is 1. The molecular formula is C29H28F2N8O2. The summed E-state index contributed by atoms with van der Waals surface area (Å²) in [6, 6.07) is 10.9. The summed E-state index contributed by atoms with van der Waals surface area (Å²) >= 11 is 0. The van der Waals surface area contributed by atoms with Crippen LogP contribution in [0.4, 0.5) is 14.6 Å². The van der Waals surface area contributed by atoms with Crippen LogP contribution in [0.15, 0.2) is 55.0 Å². The number of H-pyrrole nitrogens is 1. The van der Waals surface area contributed by atoms with Crippen molar-refractivity contribution < 1.29 is 18.6 Å². The van der Waals surface area contributed by atoms with Crippen LogP contribution in [0, 0.1) is 5.82 Å². The summed E-state index contributed by atoms with van der Waals surface area (Å²) in [4.78, 5) is 21.6. The van der Waals surface area contributed by atoms with Gasteiger partial charge in [0.15, 0.2) is 0 Å².